The van der Waals surface area contributed by atoms with Crippen LogP contribution in [0.3, 0.4) is 0 Å². The van der Waals surface area contributed by atoms with Crippen molar-refractivity contribution in [3.8, 4) is 12.1 Å². The minimum absolute atomic E-state index is 0.104. The second-order valence-corrected chi connectivity index (χ2v) is 12.8. The summed E-state index contributed by atoms with van der Waals surface area (Å²) >= 11 is 1.54. The van der Waals surface area contributed by atoms with Gasteiger partial charge in [0, 0.05) is 49.4 Å². The Labute approximate surface area is 225 Å². The number of nitrogens with two attached hydrogens (primary N) is 1. The third-order valence-electron chi connectivity index (χ3n) is 9.25. The van der Waals surface area contributed by atoms with E-state index in [9.17, 15) is 14.8 Å². The molecule has 0 amide bonds. The fourth-order valence-corrected chi connectivity index (χ4v) is 8.57. The van der Waals surface area contributed by atoms with Gasteiger partial charge in [-0.3, -0.25) is 4.90 Å². The van der Waals surface area contributed by atoms with Gasteiger partial charge in [0.15, 0.2) is 0 Å². The zero-order chi connectivity index (χ0) is 26.1. The second-order valence-electron chi connectivity index (χ2n) is 11.7. The molecule has 3 N–H and O–H groups in total. The first kappa shape index (κ1) is 24.3. The predicted octanol–water partition coefficient (Wildman–Crippen LogP) is 2.01. The van der Waals surface area contributed by atoms with Crippen molar-refractivity contribution in [3.05, 3.63) is 16.0 Å². The van der Waals surface area contributed by atoms with Crippen molar-refractivity contribution < 1.29 is 14.2 Å². The fourth-order valence-electron chi connectivity index (χ4n) is 7.43. The standard InChI is InChI=1S/C26H33FN8O2S/c27-16-9-26(5-2-8-35(26)11-16)15-37-24-31-22(33-7-1-3-17(36)12-33)30-23(32-24)34-13-25(14-34)6-4-19-20(25)18(10-28)21(29)38-19/h16-17,36H,1-9,11-15,29H2/t16-,17-,26+/m1/s1. The van der Waals surface area contributed by atoms with E-state index in [1.165, 1.54) is 4.88 Å². The highest BCUT2D eigenvalue weighted by atomic mass is 32.1. The van der Waals surface area contributed by atoms with Gasteiger partial charge in [-0.25, -0.2) is 4.39 Å². The highest BCUT2D eigenvalue weighted by Crippen LogP contribution is 2.52. The van der Waals surface area contributed by atoms with Gasteiger partial charge in [0.05, 0.1) is 17.2 Å². The number of β-amino-alcohol motifs (C(OH)–C–C–N with tert-alkyl or cyclic N) is 1. The van der Waals surface area contributed by atoms with Gasteiger partial charge in [-0.15, -0.1) is 11.3 Å². The van der Waals surface area contributed by atoms with Gasteiger partial charge in [0.1, 0.15) is 23.8 Å². The van der Waals surface area contributed by atoms with Gasteiger partial charge in [-0.2, -0.15) is 20.2 Å². The van der Waals surface area contributed by atoms with Gasteiger partial charge in [0.2, 0.25) is 11.9 Å². The number of nitriles is 1. The van der Waals surface area contributed by atoms with Crippen molar-refractivity contribution in [1.82, 2.24) is 19.9 Å². The van der Waals surface area contributed by atoms with Gasteiger partial charge < -0.3 is 25.4 Å². The molecule has 0 bridgehead atoms. The number of anilines is 3. The Hall–Kier alpha value is -2.75. The Morgan fingerprint density at radius 3 is 2.74 bits per heavy atom. The van der Waals surface area contributed by atoms with Crippen molar-refractivity contribution in [2.75, 3.05) is 61.4 Å². The molecule has 1 spiro atoms. The minimum atomic E-state index is -0.823. The zero-order valence-corrected chi connectivity index (χ0v) is 22.2. The number of halogens is 1. The molecule has 2 aromatic heterocycles. The average molecular weight is 541 g/mol. The molecule has 4 aliphatic heterocycles. The van der Waals surface area contributed by atoms with Crippen molar-refractivity contribution in [2.45, 2.75) is 68.2 Å². The van der Waals surface area contributed by atoms with E-state index in [0.717, 1.165) is 57.2 Å². The van der Waals surface area contributed by atoms with Crippen LogP contribution in [0.25, 0.3) is 0 Å². The van der Waals surface area contributed by atoms with E-state index in [4.69, 9.17) is 20.4 Å². The number of nitrogens with zero attached hydrogens (tertiary/aromatic N) is 7. The van der Waals surface area contributed by atoms with Crippen LogP contribution in [0.5, 0.6) is 6.01 Å². The van der Waals surface area contributed by atoms with E-state index in [0.29, 0.717) is 61.7 Å². The van der Waals surface area contributed by atoms with Gasteiger partial charge in [0.25, 0.3) is 0 Å². The molecule has 5 aliphatic rings. The first-order valence-electron chi connectivity index (χ1n) is 13.7. The lowest BCUT2D eigenvalue weighted by molar-refractivity contribution is 0.107. The number of alkyl halides is 1. The Kier molecular flexibility index (Phi) is 5.69. The second kappa shape index (κ2) is 8.89. The van der Waals surface area contributed by atoms with Crippen LogP contribution in [-0.2, 0) is 11.8 Å². The molecule has 2 aromatic rings. The van der Waals surface area contributed by atoms with Gasteiger partial charge in [-0.05, 0) is 50.6 Å². The SMILES string of the molecule is N#Cc1c(N)sc2c1C1(CC2)CN(c2nc(OC[C@@]34CCCN3C[C@H](F)C4)nc(N3CCC[C@@H](O)C3)n2)C1. The summed E-state index contributed by atoms with van der Waals surface area (Å²) in [6.45, 7) is 4.36. The van der Waals surface area contributed by atoms with E-state index < -0.39 is 12.3 Å². The fraction of sp³-hybridized carbons (Fsp3) is 0.692. The molecule has 0 unspecified atom stereocenters. The molecule has 202 valence electrons. The molecule has 38 heavy (non-hydrogen) atoms. The van der Waals surface area contributed by atoms with Crippen LogP contribution in [0.4, 0.5) is 21.3 Å². The number of nitrogen functional groups attached to an aromatic ring is 1. The molecule has 1 aliphatic carbocycles. The van der Waals surface area contributed by atoms with Crippen molar-refractivity contribution in [1.29, 1.82) is 5.26 Å². The number of rotatable bonds is 5. The Balaban J connectivity index is 1.16. The number of hydrogen-bond acceptors (Lipinski definition) is 11. The lowest BCUT2D eigenvalue weighted by Gasteiger charge is -2.48. The normalized spacial score (nSPS) is 29.8. The maximum absolute atomic E-state index is 14.3. The number of aromatic nitrogens is 3. The van der Waals surface area contributed by atoms with Crippen molar-refractivity contribution in [2.24, 2.45) is 0 Å². The molecule has 3 atom stereocenters. The predicted molar refractivity (Wildman–Crippen MR) is 141 cm³/mol. The highest BCUT2D eigenvalue weighted by molar-refractivity contribution is 7.16. The van der Waals surface area contributed by atoms with E-state index in [-0.39, 0.29) is 17.0 Å². The Morgan fingerprint density at radius 1 is 1.13 bits per heavy atom. The van der Waals surface area contributed by atoms with Crippen LogP contribution in [0.2, 0.25) is 0 Å². The van der Waals surface area contributed by atoms with Crippen LogP contribution in [0.15, 0.2) is 0 Å². The molecule has 0 saturated carbocycles. The molecule has 0 radical (unpaired) electrons. The number of fused-ring (bicyclic) bond motifs is 3. The Morgan fingerprint density at radius 2 is 1.95 bits per heavy atom. The number of hydrogen-bond donors (Lipinski definition) is 2. The summed E-state index contributed by atoms with van der Waals surface area (Å²) in [7, 11) is 0. The van der Waals surface area contributed by atoms with Crippen LogP contribution < -0.4 is 20.3 Å². The zero-order valence-electron chi connectivity index (χ0n) is 21.4. The van der Waals surface area contributed by atoms with E-state index in [2.05, 4.69) is 20.9 Å². The van der Waals surface area contributed by atoms with Crippen molar-refractivity contribution >= 4 is 28.2 Å². The third kappa shape index (κ3) is 3.81. The lowest BCUT2D eigenvalue weighted by Crippen LogP contribution is -2.59. The first-order valence-corrected chi connectivity index (χ1v) is 14.5. The maximum atomic E-state index is 14.3. The number of aliphatic hydroxyl groups excluding tert-OH is 1. The quantitative estimate of drug-likeness (QED) is 0.581. The summed E-state index contributed by atoms with van der Waals surface area (Å²) < 4.78 is 20.5. The third-order valence-corrected chi connectivity index (χ3v) is 10.3. The van der Waals surface area contributed by atoms with Crippen LogP contribution in [0, 0.1) is 11.3 Å². The molecule has 7 rings (SSSR count). The summed E-state index contributed by atoms with van der Waals surface area (Å²) in [5.74, 6) is 1.05. The van der Waals surface area contributed by atoms with Crippen molar-refractivity contribution in [3.63, 3.8) is 0 Å². The maximum Gasteiger partial charge on any atom is 0.323 e. The van der Waals surface area contributed by atoms with Gasteiger partial charge >= 0.3 is 6.01 Å². The number of piperidine rings is 1. The molecule has 12 heteroatoms. The summed E-state index contributed by atoms with van der Waals surface area (Å²) in [5, 5.41) is 20.6. The monoisotopic (exact) mass is 540 g/mol. The first-order chi connectivity index (χ1) is 18.4. The molecular formula is C26H33FN8O2S. The molecule has 0 aromatic carbocycles. The van der Waals surface area contributed by atoms with E-state index >= 15 is 0 Å². The lowest BCUT2D eigenvalue weighted by atomic mass is 9.74. The van der Waals surface area contributed by atoms with Crippen LogP contribution in [0.1, 0.15) is 54.5 Å². The molecule has 10 nitrogen and oxygen atoms in total. The number of thiophene rings is 1. The average Bonchev–Trinajstić information content (AvgIpc) is 3.59. The Bertz CT molecular complexity index is 1290. The smallest absolute Gasteiger partial charge is 0.323 e. The molecular weight excluding hydrogens is 507 g/mol. The van der Waals surface area contributed by atoms with Gasteiger partial charge in [-0.1, -0.05) is 0 Å². The highest BCUT2D eigenvalue weighted by Gasteiger charge is 2.52. The number of aliphatic hydroxyl groups is 1. The topological polar surface area (TPSA) is 128 Å². The van der Waals surface area contributed by atoms with E-state index in [1.807, 2.05) is 4.90 Å². The molecule has 6 heterocycles. The number of aryl methyl sites for hydroxylation is 1. The van der Waals surface area contributed by atoms with E-state index in [1.54, 1.807) is 11.3 Å². The minimum Gasteiger partial charge on any atom is -0.461 e. The number of ether oxygens (including phenoxy) is 1. The summed E-state index contributed by atoms with van der Waals surface area (Å²) in [6, 6.07) is 2.58. The largest absolute Gasteiger partial charge is 0.461 e. The molecule has 4 fully saturated rings. The van der Waals surface area contributed by atoms with Crippen LogP contribution in [-0.4, -0.2) is 88.6 Å². The van der Waals surface area contributed by atoms with Crippen LogP contribution >= 0.6 is 11.3 Å². The summed E-state index contributed by atoms with van der Waals surface area (Å²) in [6.07, 6.45) is 4.76. The molecule has 4 saturated heterocycles. The summed E-state index contributed by atoms with van der Waals surface area (Å²) in [5.41, 5.74) is 7.51. The summed E-state index contributed by atoms with van der Waals surface area (Å²) in [4.78, 5) is 21.7.